The molecule has 0 aliphatic rings. The van der Waals surface area contributed by atoms with Crippen molar-refractivity contribution in [3.63, 3.8) is 0 Å². The molecule has 0 fully saturated rings. The number of nitrogens with one attached hydrogen (secondary N) is 4. The lowest BCUT2D eigenvalue weighted by Crippen LogP contribution is -2.15. The molecule has 0 bridgehead atoms. The van der Waals surface area contributed by atoms with Crippen LogP contribution in [0.2, 0.25) is 0 Å². The summed E-state index contributed by atoms with van der Waals surface area (Å²) in [6.45, 7) is 6.36. The normalized spacial score (nSPS) is 11.4. The molecule has 2 aromatic heterocycles. The van der Waals surface area contributed by atoms with E-state index < -0.39 is 0 Å². The van der Waals surface area contributed by atoms with Crippen LogP contribution >= 0.6 is 0 Å². The first-order valence-electron chi connectivity index (χ1n) is 9.52. The number of rotatable bonds is 4. The number of aromatic nitrogens is 4. The molecule has 8 heteroatoms. The maximum atomic E-state index is 12.6. The third-order valence-corrected chi connectivity index (χ3v) is 4.74. The Balaban J connectivity index is 1.55. The number of benzene rings is 2. The number of imidazole rings is 2. The van der Waals surface area contributed by atoms with Gasteiger partial charge in [0.2, 0.25) is 11.9 Å². The quantitative estimate of drug-likeness (QED) is 0.411. The van der Waals surface area contributed by atoms with Crippen LogP contribution in [0.15, 0.2) is 54.9 Å². The molecule has 0 spiro atoms. The SMILES string of the molecule is CC(C)(C)c1ccc(C(=O)Nc2nc3cccc(C(=O)Nc4ncc[nH]4)c3[nH]2)cc1. The third-order valence-electron chi connectivity index (χ3n) is 4.74. The van der Waals surface area contributed by atoms with Crippen molar-refractivity contribution in [1.82, 2.24) is 19.9 Å². The lowest BCUT2D eigenvalue weighted by Gasteiger charge is -2.18. The zero-order valence-electron chi connectivity index (χ0n) is 16.9. The van der Waals surface area contributed by atoms with Crippen molar-refractivity contribution >= 4 is 34.7 Å². The van der Waals surface area contributed by atoms with Crippen molar-refractivity contribution in [2.75, 3.05) is 10.6 Å². The van der Waals surface area contributed by atoms with Gasteiger partial charge >= 0.3 is 0 Å². The highest BCUT2D eigenvalue weighted by Crippen LogP contribution is 2.23. The lowest BCUT2D eigenvalue weighted by atomic mass is 9.87. The van der Waals surface area contributed by atoms with E-state index in [1.165, 1.54) is 0 Å². The largest absolute Gasteiger partial charge is 0.331 e. The van der Waals surface area contributed by atoms with Crippen molar-refractivity contribution < 1.29 is 9.59 Å². The number of hydrogen-bond acceptors (Lipinski definition) is 4. The molecule has 4 aromatic rings. The van der Waals surface area contributed by atoms with Crippen LogP contribution in [0, 0.1) is 0 Å². The second-order valence-corrected chi connectivity index (χ2v) is 7.96. The Morgan fingerprint density at radius 3 is 2.33 bits per heavy atom. The summed E-state index contributed by atoms with van der Waals surface area (Å²) in [5.41, 5.74) is 3.18. The van der Waals surface area contributed by atoms with Gasteiger partial charge in [-0.05, 0) is 35.2 Å². The fraction of sp³-hybridized carbons (Fsp3) is 0.182. The molecule has 2 heterocycles. The number of H-pyrrole nitrogens is 2. The first-order chi connectivity index (χ1) is 14.3. The predicted octanol–water partition coefficient (Wildman–Crippen LogP) is 4.09. The summed E-state index contributed by atoms with van der Waals surface area (Å²) in [6, 6.07) is 12.7. The van der Waals surface area contributed by atoms with Gasteiger partial charge in [-0.15, -0.1) is 0 Å². The molecule has 152 valence electrons. The van der Waals surface area contributed by atoms with Crippen molar-refractivity contribution in [2.24, 2.45) is 0 Å². The Bertz CT molecular complexity index is 1200. The molecule has 2 aromatic carbocycles. The number of para-hydroxylation sites is 1. The second-order valence-electron chi connectivity index (χ2n) is 7.96. The molecule has 0 unspecified atom stereocenters. The Kier molecular flexibility index (Phi) is 4.83. The van der Waals surface area contributed by atoms with E-state index in [9.17, 15) is 9.59 Å². The van der Waals surface area contributed by atoms with Crippen LogP contribution in [0.3, 0.4) is 0 Å². The highest BCUT2D eigenvalue weighted by atomic mass is 16.2. The number of amides is 2. The van der Waals surface area contributed by atoms with Crippen molar-refractivity contribution in [3.05, 3.63) is 71.5 Å². The fourth-order valence-electron chi connectivity index (χ4n) is 3.09. The third kappa shape index (κ3) is 3.93. The van der Waals surface area contributed by atoms with E-state index in [0.717, 1.165) is 5.56 Å². The standard InChI is InChI=1S/C22H22N6O2/c1-22(2,3)14-9-7-13(8-10-14)18(29)27-21-25-16-6-4-5-15(17(16)26-21)19(30)28-20-23-11-12-24-20/h4-12H,1-3H3,(H2,23,24,28,30)(H2,25,26,27,29). The van der Waals surface area contributed by atoms with Crippen LogP contribution in [-0.4, -0.2) is 31.8 Å². The number of aromatic amines is 2. The van der Waals surface area contributed by atoms with Gasteiger partial charge in [0.15, 0.2) is 0 Å². The minimum Gasteiger partial charge on any atom is -0.331 e. The van der Waals surface area contributed by atoms with E-state index in [4.69, 9.17) is 0 Å². The average molecular weight is 402 g/mol. The number of hydrogen-bond donors (Lipinski definition) is 4. The first kappa shape index (κ1) is 19.4. The summed E-state index contributed by atoms with van der Waals surface area (Å²) >= 11 is 0. The maximum absolute atomic E-state index is 12.6. The smallest absolute Gasteiger partial charge is 0.260 e. The predicted molar refractivity (Wildman–Crippen MR) is 116 cm³/mol. The second kappa shape index (κ2) is 7.47. The Labute approximate surface area is 173 Å². The van der Waals surface area contributed by atoms with Gasteiger partial charge in [0.1, 0.15) is 0 Å². The van der Waals surface area contributed by atoms with Gasteiger partial charge in [0.05, 0.1) is 16.6 Å². The summed E-state index contributed by atoms with van der Waals surface area (Å²) in [6.07, 6.45) is 3.17. The highest BCUT2D eigenvalue weighted by molar-refractivity contribution is 6.11. The first-order valence-corrected chi connectivity index (χ1v) is 9.52. The molecule has 0 atom stereocenters. The zero-order chi connectivity index (χ0) is 21.3. The fourth-order valence-corrected chi connectivity index (χ4v) is 3.09. The van der Waals surface area contributed by atoms with Gasteiger partial charge in [-0.25, -0.2) is 9.97 Å². The number of carbonyl (C=O) groups excluding carboxylic acids is 2. The van der Waals surface area contributed by atoms with Gasteiger partial charge in [0, 0.05) is 18.0 Å². The molecule has 0 aliphatic carbocycles. The summed E-state index contributed by atoms with van der Waals surface area (Å²) < 4.78 is 0. The number of carbonyl (C=O) groups is 2. The van der Waals surface area contributed by atoms with Crippen molar-refractivity contribution in [3.8, 4) is 0 Å². The average Bonchev–Trinajstić information content (AvgIpc) is 3.36. The number of anilines is 2. The molecule has 0 saturated heterocycles. The summed E-state index contributed by atoms with van der Waals surface area (Å²) in [5.74, 6) is 0.00263. The van der Waals surface area contributed by atoms with E-state index in [0.29, 0.717) is 28.1 Å². The van der Waals surface area contributed by atoms with Crippen molar-refractivity contribution in [2.45, 2.75) is 26.2 Å². The number of fused-ring (bicyclic) bond motifs is 1. The topological polar surface area (TPSA) is 116 Å². The molecule has 4 N–H and O–H groups in total. The van der Waals surface area contributed by atoms with Gasteiger partial charge in [0.25, 0.3) is 11.8 Å². The van der Waals surface area contributed by atoms with E-state index in [2.05, 4.69) is 51.3 Å². The summed E-state index contributed by atoms with van der Waals surface area (Å²) in [5, 5.41) is 5.44. The molecular formula is C22H22N6O2. The van der Waals surface area contributed by atoms with E-state index in [-0.39, 0.29) is 23.2 Å². The van der Waals surface area contributed by atoms with Crippen LogP contribution in [0.1, 0.15) is 47.1 Å². The Morgan fingerprint density at radius 1 is 0.933 bits per heavy atom. The van der Waals surface area contributed by atoms with Gasteiger partial charge < -0.3 is 9.97 Å². The lowest BCUT2D eigenvalue weighted by molar-refractivity contribution is 0.101. The van der Waals surface area contributed by atoms with Crippen LogP contribution < -0.4 is 10.6 Å². The Hall–Kier alpha value is -3.94. The molecule has 30 heavy (non-hydrogen) atoms. The maximum Gasteiger partial charge on any atom is 0.260 e. The minimum atomic E-state index is -0.338. The van der Waals surface area contributed by atoms with Crippen LogP contribution in [0.4, 0.5) is 11.9 Å². The van der Waals surface area contributed by atoms with Crippen LogP contribution in [0.5, 0.6) is 0 Å². The van der Waals surface area contributed by atoms with Gasteiger partial charge in [-0.1, -0.05) is 39.0 Å². The van der Waals surface area contributed by atoms with Crippen LogP contribution in [-0.2, 0) is 5.41 Å². The molecular weight excluding hydrogens is 380 g/mol. The molecule has 8 nitrogen and oxygen atoms in total. The van der Waals surface area contributed by atoms with E-state index in [1.54, 1.807) is 42.7 Å². The molecule has 0 saturated carbocycles. The minimum absolute atomic E-state index is 0.0142. The summed E-state index contributed by atoms with van der Waals surface area (Å²) in [4.78, 5) is 39.4. The molecule has 0 radical (unpaired) electrons. The molecule has 0 aliphatic heterocycles. The molecule has 4 rings (SSSR count). The monoisotopic (exact) mass is 402 g/mol. The summed E-state index contributed by atoms with van der Waals surface area (Å²) in [7, 11) is 0. The van der Waals surface area contributed by atoms with Crippen molar-refractivity contribution in [1.29, 1.82) is 0 Å². The highest BCUT2D eigenvalue weighted by Gasteiger charge is 2.17. The van der Waals surface area contributed by atoms with E-state index in [1.807, 2.05) is 12.1 Å². The number of nitrogens with zero attached hydrogens (tertiary/aromatic N) is 2. The van der Waals surface area contributed by atoms with Gasteiger partial charge in [-0.2, -0.15) is 0 Å². The zero-order valence-corrected chi connectivity index (χ0v) is 16.9. The van der Waals surface area contributed by atoms with Crippen LogP contribution in [0.25, 0.3) is 11.0 Å². The Morgan fingerprint density at radius 2 is 1.67 bits per heavy atom. The molecule has 2 amide bonds. The van der Waals surface area contributed by atoms with E-state index >= 15 is 0 Å². The van der Waals surface area contributed by atoms with Gasteiger partial charge in [-0.3, -0.25) is 20.2 Å².